The molecule has 0 amide bonds. The molecule has 1 heterocycles. The SMILES string of the molecule is C#CCn1ccc(CCO)c1C(F)(F)F. The Hall–Kier alpha value is -1.41. The lowest BCUT2D eigenvalue weighted by Crippen LogP contribution is -2.15. The number of halogens is 3. The number of aliphatic hydroxyl groups excluding tert-OH is 1. The molecule has 0 saturated carbocycles. The highest BCUT2D eigenvalue weighted by molar-refractivity contribution is 5.26. The van der Waals surface area contributed by atoms with Crippen LogP contribution in [0.15, 0.2) is 12.3 Å². The average Bonchev–Trinajstić information content (AvgIpc) is 2.48. The molecule has 15 heavy (non-hydrogen) atoms. The molecule has 0 radical (unpaired) electrons. The zero-order valence-electron chi connectivity index (χ0n) is 7.88. The quantitative estimate of drug-likeness (QED) is 0.765. The number of hydrogen-bond donors (Lipinski definition) is 1. The minimum Gasteiger partial charge on any atom is -0.396 e. The lowest BCUT2D eigenvalue weighted by molar-refractivity contribution is -0.143. The van der Waals surface area contributed by atoms with E-state index >= 15 is 0 Å². The highest BCUT2D eigenvalue weighted by Crippen LogP contribution is 2.32. The van der Waals surface area contributed by atoms with Crippen molar-refractivity contribution in [2.45, 2.75) is 19.1 Å². The van der Waals surface area contributed by atoms with Crippen LogP contribution in [0.25, 0.3) is 0 Å². The lowest BCUT2D eigenvalue weighted by atomic mass is 10.2. The third-order valence-electron chi connectivity index (χ3n) is 1.96. The van der Waals surface area contributed by atoms with E-state index in [9.17, 15) is 13.2 Å². The molecular formula is C10H10F3NO. The van der Waals surface area contributed by atoms with E-state index in [-0.39, 0.29) is 25.1 Å². The van der Waals surface area contributed by atoms with E-state index in [4.69, 9.17) is 11.5 Å². The second-order valence-electron chi connectivity index (χ2n) is 2.99. The van der Waals surface area contributed by atoms with Crippen molar-refractivity contribution in [3.05, 3.63) is 23.5 Å². The Kier molecular flexibility index (Phi) is 3.43. The van der Waals surface area contributed by atoms with Crippen LogP contribution in [0.3, 0.4) is 0 Å². The topological polar surface area (TPSA) is 25.2 Å². The van der Waals surface area contributed by atoms with Crippen LogP contribution in [0.4, 0.5) is 13.2 Å². The van der Waals surface area contributed by atoms with Gasteiger partial charge in [0, 0.05) is 12.8 Å². The van der Waals surface area contributed by atoms with Crippen LogP contribution in [0.1, 0.15) is 11.3 Å². The molecule has 0 spiro atoms. The van der Waals surface area contributed by atoms with Crippen molar-refractivity contribution in [2.75, 3.05) is 6.61 Å². The van der Waals surface area contributed by atoms with Gasteiger partial charge in [-0.2, -0.15) is 13.2 Å². The van der Waals surface area contributed by atoms with Gasteiger partial charge in [-0.15, -0.1) is 6.42 Å². The van der Waals surface area contributed by atoms with Crippen LogP contribution in [-0.4, -0.2) is 16.3 Å². The number of alkyl halides is 3. The first kappa shape index (κ1) is 11.7. The first-order valence-corrected chi connectivity index (χ1v) is 4.30. The summed E-state index contributed by atoms with van der Waals surface area (Å²) in [6.45, 7) is -0.441. The molecule has 82 valence electrons. The van der Waals surface area contributed by atoms with Crippen molar-refractivity contribution < 1.29 is 18.3 Å². The van der Waals surface area contributed by atoms with Gasteiger partial charge < -0.3 is 9.67 Å². The van der Waals surface area contributed by atoms with Crippen molar-refractivity contribution in [2.24, 2.45) is 0 Å². The van der Waals surface area contributed by atoms with Gasteiger partial charge in [0.25, 0.3) is 0 Å². The number of rotatable bonds is 3. The monoisotopic (exact) mass is 217 g/mol. The third kappa shape index (κ3) is 2.54. The van der Waals surface area contributed by atoms with Gasteiger partial charge in [0.1, 0.15) is 5.69 Å². The minimum absolute atomic E-state index is 0.0214. The summed E-state index contributed by atoms with van der Waals surface area (Å²) in [6, 6.07) is 1.33. The number of hydrogen-bond acceptors (Lipinski definition) is 1. The molecule has 1 aromatic heterocycles. The van der Waals surface area contributed by atoms with Crippen molar-refractivity contribution in [1.82, 2.24) is 4.57 Å². The second kappa shape index (κ2) is 4.41. The van der Waals surface area contributed by atoms with Gasteiger partial charge in [-0.25, -0.2) is 0 Å². The first-order chi connectivity index (χ1) is 7.00. The summed E-state index contributed by atoms with van der Waals surface area (Å²) >= 11 is 0. The summed E-state index contributed by atoms with van der Waals surface area (Å²) in [4.78, 5) is 0. The van der Waals surface area contributed by atoms with Crippen molar-refractivity contribution in [3.8, 4) is 12.3 Å². The fraction of sp³-hybridized carbons (Fsp3) is 0.400. The molecular weight excluding hydrogens is 207 g/mol. The van der Waals surface area contributed by atoms with Gasteiger partial charge in [-0.05, 0) is 18.1 Å². The van der Waals surface area contributed by atoms with Crippen LogP contribution in [0.2, 0.25) is 0 Å². The highest BCUT2D eigenvalue weighted by atomic mass is 19.4. The van der Waals surface area contributed by atoms with Crippen LogP contribution >= 0.6 is 0 Å². The first-order valence-electron chi connectivity index (χ1n) is 4.30. The van der Waals surface area contributed by atoms with Crippen LogP contribution < -0.4 is 0 Å². The normalized spacial score (nSPS) is 11.4. The summed E-state index contributed by atoms with van der Waals surface area (Å²) < 4.78 is 38.8. The summed E-state index contributed by atoms with van der Waals surface area (Å²) in [6.07, 6.45) is 1.79. The number of nitrogens with zero attached hydrogens (tertiary/aromatic N) is 1. The van der Waals surface area contributed by atoms with Gasteiger partial charge in [-0.3, -0.25) is 0 Å². The lowest BCUT2D eigenvalue weighted by Gasteiger charge is -2.12. The maximum atomic E-state index is 12.6. The highest BCUT2D eigenvalue weighted by Gasteiger charge is 2.36. The van der Waals surface area contributed by atoms with E-state index in [0.29, 0.717) is 0 Å². The zero-order chi connectivity index (χ0) is 11.5. The molecule has 0 saturated heterocycles. The fourth-order valence-corrected chi connectivity index (χ4v) is 1.42. The van der Waals surface area contributed by atoms with E-state index < -0.39 is 11.9 Å². The molecule has 5 heteroatoms. The molecule has 0 aliphatic heterocycles. The Labute approximate surface area is 85.3 Å². The van der Waals surface area contributed by atoms with Gasteiger partial charge in [-0.1, -0.05) is 5.92 Å². The Morgan fingerprint density at radius 2 is 2.13 bits per heavy atom. The average molecular weight is 217 g/mol. The maximum Gasteiger partial charge on any atom is 0.431 e. The minimum atomic E-state index is -4.44. The van der Waals surface area contributed by atoms with Crippen molar-refractivity contribution >= 4 is 0 Å². The van der Waals surface area contributed by atoms with Gasteiger partial charge in [0.05, 0.1) is 6.54 Å². The predicted molar refractivity (Wildman–Crippen MR) is 49.1 cm³/mol. The predicted octanol–water partition coefficient (Wildman–Crippen LogP) is 1.67. The third-order valence-corrected chi connectivity index (χ3v) is 1.96. The molecule has 0 bridgehead atoms. The van der Waals surface area contributed by atoms with Crippen LogP contribution in [0, 0.1) is 12.3 Å². The maximum absolute atomic E-state index is 12.6. The van der Waals surface area contributed by atoms with Crippen molar-refractivity contribution in [1.29, 1.82) is 0 Å². The Morgan fingerprint density at radius 1 is 1.47 bits per heavy atom. The molecule has 0 aliphatic carbocycles. The van der Waals surface area contributed by atoms with Crippen molar-refractivity contribution in [3.63, 3.8) is 0 Å². The van der Waals surface area contributed by atoms with E-state index in [2.05, 4.69) is 5.92 Å². The van der Waals surface area contributed by atoms with Crippen LogP contribution in [-0.2, 0) is 19.1 Å². The summed E-state index contributed by atoms with van der Waals surface area (Å²) in [5.41, 5.74) is -0.699. The van der Waals surface area contributed by atoms with E-state index in [1.54, 1.807) is 0 Å². The Morgan fingerprint density at radius 3 is 2.60 bits per heavy atom. The van der Waals surface area contributed by atoms with E-state index in [1.807, 2.05) is 0 Å². The summed E-state index contributed by atoms with van der Waals surface area (Å²) in [7, 11) is 0. The molecule has 0 aliphatic rings. The molecule has 1 N–H and O–H groups in total. The summed E-state index contributed by atoms with van der Waals surface area (Å²) in [5, 5.41) is 8.63. The largest absolute Gasteiger partial charge is 0.431 e. The van der Waals surface area contributed by atoms with E-state index in [0.717, 1.165) is 4.57 Å². The van der Waals surface area contributed by atoms with Gasteiger partial charge in [0.15, 0.2) is 0 Å². The summed E-state index contributed by atoms with van der Waals surface area (Å²) in [5.74, 6) is 2.15. The molecule has 0 atom stereocenters. The standard InChI is InChI=1S/C10H10F3NO/c1-2-5-14-6-3-8(4-7-15)9(14)10(11,12)13/h1,3,6,15H,4-5,7H2. The fourth-order valence-electron chi connectivity index (χ4n) is 1.42. The van der Waals surface area contributed by atoms with Gasteiger partial charge in [0.2, 0.25) is 0 Å². The molecule has 0 aromatic carbocycles. The second-order valence-corrected chi connectivity index (χ2v) is 2.99. The molecule has 0 unspecified atom stereocenters. The Bertz CT molecular complexity index is 373. The molecule has 1 aromatic rings. The molecule has 1 rings (SSSR count). The number of terminal acetylenes is 1. The Balaban J connectivity index is 3.15. The van der Waals surface area contributed by atoms with Gasteiger partial charge >= 0.3 is 6.18 Å². The molecule has 2 nitrogen and oxygen atoms in total. The van der Waals surface area contributed by atoms with E-state index in [1.165, 1.54) is 12.3 Å². The number of aromatic nitrogens is 1. The zero-order valence-corrected chi connectivity index (χ0v) is 7.88. The number of aliphatic hydroxyl groups is 1. The molecule has 0 fully saturated rings. The smallest absolute Gasteiger partial charge is 0.396 e. The van der Waals surface area contributed by atoms with Crippen LogP contribution in [0.5, 0.6) is 0 Å².